The van der Waals surface area contributed by atoms with Crippen molar-refractivity contribution in [1.29, 1.82) is 0 Å². The third kappa shape index (κ3) is 2.06. The van der Waals surface area contributed by atoms with Gasteiger partial charge in [0.2, 0.25) is 0 Å². The zero-order valence-corrected chi connectivity index (χ0v) is 9.23. The standard InChI is InChI=1S/C11H16O4/c1-7-8(12)4-5-13-10(7)9-6-14-11(2,3)15-9/h4-5,7,9-10H,6H2,1-3H3/t7-,9-,10-/m1/s1. The minimum atomic E-state index is -0.571. The molecule has 0 aromatic rings. The lowest BCUT2D eigenvalue weighted by atomic mass is 9.94. The highest BCUT2D eigenvalue weighted by atomic mass is 16.7. The fraction of sp³-hybridized carbons (Fsp3) is 0.727. The maximum Gasteiger partial charge on any atom is 0.165 e. The van der Waals surface area contributed by atoms with E-state index in [0.29, 0.717) is 6.61 Å². The number of hydrogen-bond donors (Lipinski definition) is 0. The first-order chi connectivity index (χ1) is 6.99. The van der Waals surface area contributed by atoms with Crippen molar-refractivity contribution in [3.8, 4) is 0 Å². The van der Waals surface area contributed by atoms with Crippen LogP contribution in [0.5, 0.6) is 0 Å². The highest BCUT2D eigenvalue weighted by Crippen LogP contribution is 2.30. The third-order valence-corrected chi connectivity index (χ3v) is 2.81. The molecule has 0 saturated carbocycles. The van der Waals surface area contributed by atoms with E-state index >= 15 is 0 Å². The summed E-state index contributed by atoms with van der Waals surface area (Å²) in [6, 6.07) is 0. The zero-order valence-electron chi connectivity index (χ0n) is 9.23. The van der Waals surface area contributed by atoms with E-state index in [4.69, 9.17) is 14.2 Å². The first-order valence-electron chi connectivity index (χ1n) is 5.17. The minimum absolute atomic E-state index is 0.0829. The Bertz CT molecular complexity index is 295. The Morgan fingerprint density at radius 2 is 2.20 bits per heavy atom. The SMILES string of the molecule is C[C@@H]1C(=O)C=CO[C@H]1[C@H]1COC(C)(C)O1. The molecule has 2 aliphatic rings. The van der Waals surface area contributed by atoms with Gasteiger partial charge in [-0.3, -0.25) is 4.79 Å². The van der Waals surface area contributed by atoms with Gasteiger partial charge in [-0.15, -0.1) is 0 Å². The number of allylic oxidation sites excluding steroid dienone is 1. The van der Waals surface area contributed by atoms with Crippen LogP contribution in [0.1, 0.15) is 20.8 Å². The van der Waals surface area contributed by atoms with E-state index in [2.05, 4.69) is 0 Å². The minimum Gasteiger partial charge on any atom is -0.494 e. The molecular weight excluding hydrogens is 196 g/mol. The lowest BCUT2D eigenvalue weighted by Gasteiger charge is -2.29. The molecule has 1 saturated heterocycles. The van der Waals surface area contributed by atoms with Crippen molar-refractivity contribution in [2.24, 2.45) is 5.92 Å². The van der Waals surface area contributed by atoms with Crippen molar-refractivity contribution in [3.63, 3.8) is 0 Å². The van der Waals surface area contributed by atoms with Crippen LogP contribution in [0.2, 0.25) is 0 Å². The Hall–Kier alpha value is -0.870. The van der Waals surface area contributed by atoms with Crippen molar-refractivity contribution in [2.75, 3.05) is 6.61 Å². The molecule has 0 bridgehead atoms. The first-order valence-corrected chi connectivity index (χ1v) is 5.17. The van der Waals surface area contributed by atoms with Crippen LogP contribution in [0.15, 0.2) is 12.3 Å². The molecular formula is C11H16O4. The van der Waals surface area contributed by atoms with Crippen LogP contribution < -0.4 is 0 Å². The van der Waals surface area contributed by atoms with E-state index in [-0.39, 0.29) is 23.9 Å². The maximum atomic E-state index is 11.5. The predicted molar refractivity (Wildman–Crippen MR) is 53.1 cm³/mol. The zero-order chi connectivity index (χ0) is 11.1. The molecule has 0 unspecified atom stereocenters. The molecule has 2 rings (SSSR count). The number of ketones is 1. The van der Waals surface area contributed by atoms with Gasteiger partial charge in [0.1, 0.15) is 12.2 Å². The number of ether oxygens (including phenoxy) is 3. The van der Waals surface area contributed by atoms with Gasteiger partial charge in [-0.25, -0.2) is 0 Å². The first kappa shape index (κ1) is 10.6. The molecule has 0 amide bonds. The van der Waals surface area contributed by atoms with Gasteiger partial charge in [0.25, 0.3) is 0 Å². The van der Waals surface area contributed by atoms with Gasteiger partial charge in [-0.2, -0.15) is 0 Å². The molecule has 1 fully saturated rings. The molecule has 4 nitrogen and oxygen atoms in total. The summed E-state index contributed by atoms with van der Waals surface area (Å²) in [7, 11) is 0. The fourth-order valence-corrected chi connectivity index (χ4v) is 1.92. The van der Waals surface area contributed by atoms with Crippen LogP contribution in [-0.2, 0) is 19.0 Å². The molecule has 84 valence electrons. The molecule has 15 heavy (non-hydrogen) atoms. The summed E-state index contributed by atoms with van der Waals surface area (Å²) in [5, 5.41) is 0. The van der Waals surface area contributed by atoms with Crippen LogP contribution in [0.3, 0.4) is 0 Å². The summed E-state index contributed by atoms with van der Waals surface area (Å²) in [5.41, 5.74) is 0. The van der Waals surface area contributed by atoms with E-state index in [9.17, 15) is 4.79 Å². The predicted octanol–water partition coefficient (Wildman–Crippen LogP) is 1.26. The summed E-state index contributed by atoms with van der Waals surface area (Å²) in [4.78, 5) is 11.5. The number of hydrogen-bond acceptors (Lipinski definition) is 4. The maximum absolute atomic E-state index is 11.5. The van der Waals surface area contributed by atoms with Gasteiger partial charge in [0.05, 0.1) is 18.8 Å². The summed E-state index contributed by atoms with van der Waals surface area (Å²) in [6.45, 7) is 6.05. The van der Waals surface area contributed by atoms with E-state index in [1.165, 1.54) is 12.3 Å². The average molecular weight is 212 g/mol. The van der Waals surface area contributed by atoms with Crippen LogP contribution >= 0.6 is 0 Å². The molecule has 4 heteroatoms. The van der Waals surface area contributed by atoms with Gasteiger partial charge in [-0.05, 0) is 13.8 Å². The monoisotopic (exact) mass is 212 g/mol. The van der Waals surface area contributed by atoms with Crippen LogP contribution in [0.25, 0.3) is 0 Å². The highest BCUT2D eigenvalue weighted by Gasteiger charge is 2.42. The van der Waals surface area contributed by atoms with Gasteiger partial charge in [-0.1, -0.05) is 6.92 Å². The Labute approximate surface area is 89.2 Å². The number of rotatable bonds is 1. The lowest BCUT2D eigenvalue weighted by Crippen LogP contribution is -2.41. The molecule has 3 atom stereocenters. The van der Waals surface area contributed by atoms with Crippen LogP contribution in [-0.4, -0.2) is 30.4 Å². The smallest absolute Gasteiger partial charge is 0.165 e. The third-order valence-electron chi connectivity index (χ3n) is 2.81. The topological polar surface area (TPSA) is 44.8 Å². The van der Waals surface area contributed by atoms with Crippen molar-refractivity contribution in [2.45, 2.75) is 38.8 Å². The summed E-state index contributed by atoms with van der Waals surface area (Å²) < 4.78 is 16.6. The second-order valence-electron chi connectivity index (χ2n) is 4.46. The van der Waals surface area contributed by atoms with Crippen LogP contribution in [0, 0.1) is 5.92 Å². The van der Waals surface area contributed by atoms with Crippen LogP contribution in [0.4, 0.5) is 0 Å². The molecule has 0 N–H and O–H groups in total. The summed E-state index contributed by atoms with van der Waals surface area (Å²) in [5.74, 6) is -0.658. The molecule has 0 spiro atoms. The molecule has 0 aromatic carbocycles. The summed E-state index contributed by atoms with van der Waals surface area (Å²) >= 11 is 0. The Balaban J connectivity index is 2.06. The lowest BCUT2D eigenvalue weighted by molar-refractivity contribution is -0.159. The van der Waals surface area contributed by atoms with E-state index in [1.54, 1.807) is 0 Å². The number of carbonyl (C=O) groups excluding carboxylic acids is 1. The molecule has 2 aliphatic heterocycles. The largest absolute Gasteiger partial charge is 0.494 e. The molecule has 0 aromatic heterocycles. The Kier molecular flexibility index (Phi) is 2.56. The Morgan fingerprint density at radius 3 is 2.80 bits per heavy atom. The van der Waals surface area contributed by atoms with Crippen molar-refractivity contribution < 1.29 is 19.0 Å². The molecule has 0 radical (unpaired) electrons. The fourth-order valence-electron chi connectivity index (χ4n) is 1.92. The quantitative estimate of drug-likeness (QED) is 0.656. The highest BCUT2D eigenvalue weighted by molar-refractivity contribution is 5.92. The van der Waals surface area contributed by atoms with Gasteiger partial charge in [0, 0.05) is 6.08 Å². The second kappa shape index (κ2) is 3.61. The summed E-state index contributed by atoms with van der Waals surface area (Å²) in [6.07, 6.45) is 2.51. The van der Waals surface area contributed by atoms with Gasteiger partial charge < -0.3 is 14.2 Å². The van der Waals surface area contributed by atoms with E-state index < -0.39 is 5.79 Å². The van der Waals surface area contributed by atoms with Crippen molar-refractivity contribution in [1.82, 2.24) is 0 Å². The normalized spacial score (nSPS) is 39.1. The van der Waals surface area contributed by atoms with E-state index in [1.807, 2.05) is 20.8 Å². The average Bonchev–Trinajstić information content (AvgIpc) is 2.51. The van der Waals surface area contributed by atoms with Crippen molar-refractivity contribution >= 4 is 5.78 Å². The van der Waals surface area contributed by atoms with E-state index in [0.717, 1.165) is 0 Å². The van der Waals surface area contributed by atoms with Gasteiger partial charge >= 0.3 is 0 Å². The molecule has 0 aliphatic carbocycles. The molecule has 2 heterocycles. The second-order valence-corrected chi connectivity index (χ2v) is 4.46. The van der Waals surface area contributed by atoms with Crippen molar-refractivity contribution in [3.05, 3.63) is 12.3 Å². The Morgan fingerprint density at radius 1 is 1.47 bits per heavy atom. The number of carbonyl (C=O) groups is 1. The van der Waals surface area contributed by atoms with Gasteiger partial charge in [0.15, 0.2) is 11.6 Å².